The van der Waals surface area contributed by atoms with Crippen molar-refractivity contribution in [3.05, 3.63) is 94.9 Å². The van der Waals surface area contributed by atoms with Crippen LogP contribution < -0.4 is 10.1 Å². The summed E-state index contributed by atoms with van der Waals surface area (Å²) >= 11 is 0. The van der Waals surface area contributed by atoms with Gasteiger partial charge in [0.05, 0.1) is 18.7 Å². The second-order valence-electron chi connectivity index (χ2n) is 7.71. The Morgan fingerprint density at radius 2 is 1.75 bits per heavy atom. The van der Waals surface area contributed by atoms with Gasteiger partial charge in [-0.15, -0.1) is 0 Å². The predicted molar refractivity (Wildman–Crippen MR) is 124 cm³/mol. The normalized spacial score (nSPS) is 13.7. The lowest BCUT2D eigenvalue weighted by atomic mass is 9.97. The van der Waals surface area contributed by atoms with Crippen LogP contribution in [0.25, 0.3) is 5.57 Å². The van der Waals surface area contributed by atoms with Gasteiger partial charge in [-0.05, 0) is 61.7 Å². The topological polar surface area (TPSA) is 71.5 Å². The number of nitrogens with zero attached hydrogens (tertiary/aromatic N) is 2. The van der Waals surface area contributed by atoms with Gasteiger partial charge in [0.25, 0.3) is 11.8 Å². The Morgan fingerprint density at radius 3 is 2.47 bits per heavy atom. The van der Waals surface area contributed by atoms with E-state index in [1.165, 1.54) is 4.90 Å². The number of carbonyl (C=O) groups is 2. The van der Waals surface area contributed by atoms with Gasteiger partial charge in [0, 0.05) is 24.1 Å². The van der Waals surface area contributed by atoms with Crippen molar-refractivity contribution in [3.63, 3.8) is 0 Å². The van der Waals surface area contributed by atoms with Gasteiger partial charge in [-0.25, -0.2) is 0 Å². The molecule has 0 saturated carbocycles. The quantitative estimate of drug-likeness (QED) is 0.563. The fourth-order valence-electron chi connectivity index (χ4n) is 3.82. The molecule has 4 rings (SSSR count). The first kappa shape index (κ1) is 21.3. The summed E-state index contributed by atoms with van der Waals surface area (Å²) in [6.45, 7) is 6.58. The van der Waals surface area contributed by atoms with Crippen molar-refractivity contribution >= 4 is 23.1 Å². The Hall–Kier alpha value is -3.93. The highest BCUT2D eigenvalue weighted by molar-refractivity contribution is 6.36. The van der Waals surface area contributed by atoms with E-state index in [0.717, 1.165) is 22.3 Å². The molecule has 0 atom stereocenters. The van der Waals surface area contributed by atoms with Crippen molar-refractivity contribution in [1.29, 1.82) is 0 Å². The molecule has 0 fully saturated rings. The van der Waals surface area contributed by atoms with E-state index in [4.69, 9.17) is 4.74 Å². The van der Waals surface area contributed by atoms with E-state index in [9.17, 15) is 9.59 Å². The number of benzene rings is 2. The van der Waals surface area contributed by atoms with Crippen LogP contribution in [-0.4, -0.2) is 28.3 Å². The highest BCUT2D eigenvalue weighted by atomic mass is 16.5. The maximum absolute atomic E-state index is 13.5. The summed E-state index contributed by atoms with van der Waals surface area (Å²) in [5, 5.41) is 3.20. The molecular formula is C26H25N3O3. The number of hydrogen-bond acceptors (Lipinski definition) is 5. The number of ether oxygens (including phenoxy) is 1. The molecule has 2 amide bonds. The average Bonchev–Trinajstić information content (AvgIpc) is 2.99. The number of aryl methyl sites for hydroxylation is 2. The number of amides is 2. The van der Waals surface area contributed by atoms with Crippen molar-refractivity contribution in [3.8, 4) is 5.75 Å². The van der Waals surface area contributed by atoms with Crippen molar-refractivity contribution in [2.45, 2.75) is 27.3 Å². The van der Waals surface area contributed by atoms with Crippen LogP contribution >= 0.6 is 0 Å². The van der Waals surface area contributed by atoms with Crippen molar-refractivity contribution in [2.24, 2.45) is 0 Å². The Kier molecular flexibility index (Phi) is 6.03. The zero-order valence-electron chi connectivity index (χ0n) is 18.4. The monoisotopic (exact) mass is 427 g/mol. The van der Waals surface area contributed by atoms with Gasteiger partial charge in [-0.1, -0.05) is 29.8 Å². The molecule has 0 bridgehead atoms. The van der Waals surface area contributed by atoms with Crippen molar-refractivity contribution in [2.75, 3.05) is 11.9 Å². The number of imide groups is 1. The van der Waals surface area contributed by atoms with Crippen LogP contribution in [0.2, 0.25) is 0 Å². The van der Waals surface area contributed by atoms with Crippen LogP contribution in [0.3, 0.4) is 0 Å². The van der Waals surface area contributed by atoms with E-state index in [1.807, 2.05) is 63.2 Å². The summed E-state index contributed by atoms with van der Waals surface area (Å²) in [4.78, 5) is 32.2. The number of nitrogens with one attached hydrogen (secondary N) is 1. The van der Waals surface area contributed by atoms with Crippen LogP contribution in [0, 0.1) is 13.8 Å². The molecule has 0 unspecified atom stereocenters. The standard InChI is InChI=1S/C26H25N3O3/c1-4-32-21-7-5-6-20(15-21)28-24-23(22-9-8-17(2)14-18(22)3)25(30)29(26(24)31)16-19-10-12-27-13-11-19/h5-15,28H,4,16H2,1-3H3. The highest BCUT2D eigenvalue weighted by Crippen LogP contribution is 2.33. The third kappa shape index (κ3) is 4.25. The zero-order valence-corrected chi connectivity index (χ0v) is 18.4. The molecule has 3 aromatic rings. The fraction of sp³-hybridized carbons (Fsp3) is 0.192. The van der Waals surface area contributed by atoms with Gasteiger partial charge in [0.2, 0.25) is 0 Å². The fourth-order valence-corrected chi connectivity index (χ4v) is 3.82. The Morgan fingerprint density at radius 1 is 0.969 bits per heavy atom. The molecule has 162 valence electrons. The second-order valence-corrected chi connectivity index (χ2v) is 7.71. The van der Waals surface area contributed by atoms with Gasteiger partial charge in [0.1, 0.15) is 11.4 Å². The predicted octanol–water partition coefficient (Wildman–Crippen LogP) is 4.49. The molecule has 2 aromatic carbocycles. The van der Waals surface area contributed by atoms with Gasteiger partial charge < -0.3 is 10.1 Å². The number of hydrogen-bond donors (Lipinski definition) is 1. The van der Waals surface area contributed by atoms with Crippen LogP contribution in [0.4, 0.5) is 5.69 Å². The van der Waals surface area contributed by atoms with E-state index in [2.05, 4.69) is 10.3 Å². The first-order valence-corrected chi connectivity index (χ1v) is 10.5. The molecule has 2 heterocycles. The summed E-state index contributed by atoms with van der Waals surface area (Å²) in [7, 11) is 0. The molecule has 1 aliphatic rings. The molecule has 0 radical (unpaired) electrons. The third-order valence-electron chi connectivity index (χ3n) is 5.32. The number of anilines is 1. The smallest absolute Gasteiger partial charge is 0.278 e. The maximum Gasteiger partial charge on any atom is 0.278 e. The van der Waals surface area contributed by atoms with Crippen molar-refractivity contribution < 1.29 is 14.3 Å². The molecule has 1 N–H and O–H groups in total. The minimum Gasteiger partial charge on any atom is -0.494 e. The first-order valence-electron chi connectivity index (χ1n) is 10.5. The van der Waals surface area contributed by atoms with Gasteiger partial charge >= 0.3 is 0 Å². The summed E-state index contributed by atoms with van der Waals surface area (Å²) in [6.07, 6.45) is 3.30. The lowest BCUT2D eigenvalue weighted by Crippen LogP contribution is -2.32. The average molecular weight is 428 g/mol. The molecule has 1 aliphatic heterocycles. The Balaban J connectivity index is 1.76. The molecule has 0 saturated heterocycles. The Labute approximate surface area is 187 Å². The lowest BCUT2D eigenvalue weighted by Gasteiger charge is -2.15. The van der Waals surface area contributed by atoms with Gasteiger partial charge in [0.15, 0.2) is 0 Å². The second kappa shape index (κ2) is 9.06. The van der Waals surface area contributed by atoms with E-state index in [0.29, 0.717) is 23.6 Å². The molecule has 0 spiro atoms. The van der Waals surface area contributed by atoms with Crippen LogP contribution in [-0.2, 0) is 16.1 Å². The van der Waals surface area contributed by atoms with Gasteiger partial charge in [-0.3, -0.25) is 19.5 Å². The summed E-state index contributed by atoms with van der Waals surface area (Å²) in [5.41, 5.74) is 4.94. The van der Waals surface area contributed by atoms with Crippen LogP contribution in [0.1, 0.15) is 29.2 Å². The Bertz CT molecular complexity index is 1200. The largest absolute Gasteiger partial charge is 0.494 e. The van der Waals surface area contributed by atoms with E-state index >= 15 is 0 Å². The number of carbonyl (C=O) groups excluding carboxylic acids is 2. The summed E-state index contributed by atoms with van der Waals surface area (Å²) in [6, 6.07) is 16.8. The summed E-state index contributed by atoms with van der Waals surface area (Å²) < 4.78 is 5.58. The molecular weight excluding hydrogens is 402 g/mol. The molecule has 6 nitrogen and oxygen atoms in total. The van der Waals surface area contributed by atoms with Crippen molar-refractivity contribution in [1.82, 2.24) is 9.88 Å². The lowest BCUT2D eigenvalue weighted by molar-refractivity contribution is -0.137. The third-order valence-corrected chi connectivity index (χ3v) is 5.32. The first-order chi connectivity index (χ1) is 15.5. The molecule has 32 heavy (non-hydrogen) atoms. The van der Waals surface area contributed by atoms with E-state index in [-0.39, 0.29) is 24.1 Å². The molecule has 0 aliphatic carbocycles. The van der Waals surface area contributed by atoms with Gasteiger partial charge in [-0.2, -0.15) is 0 Å². The minimum absolute atomic E-state index is 0.179. The molecule has 1 aromatic heterocycles. The SMILES string of the molecule is CCOc1cccc(NC2=C(c3ccc(C)cc3C)C(=O)N(Cc3ccncc3)C2=O)c1. The maximum atomic E-state index is 13.5. The number of pyridine rings is 1. The number of rotatable bonds is 7. The summed E-state index contributed by atoms with van der Waals surface area (Å²) in [5.74, 6) is 0.0161. The zero-order chi connectivity index (χ0) is 22.7. The van der Waals surface area contributed by atoms with Crippen LogP contribution in [0.5, 0.6) is 5.75 Å². The van der Waals surface area contributed by atoms with E-state index in [1.54, 1.807) is 24.5 Å². The number of aromatic nitrogens is 1. The molecule has 6 heteroatoms. The highest BCUT2D eigenvalue weighted by Gasteiger charge is 2.39. The van der Waals surface area contributed by atoms with Crippen LogP contribution in [0.15, 0.2) is 72.7 Å². The van der Waals surface area contributed by atoms with E-state index < -0.39 is 0 Å². The minimum atomic E-state index is -0.358.